The number of likely N-dealkylation sites (tertiary alicyclic amines) is 1. The number of thiophene rings is 1. The first-order chi connectivity index (χ1) is 16.2. The highest BCUT2D eigenvalue weighted by Crippen LogP contribution is 2.38. The van der Waals surface area contributed by atoms with Crippen LogP contribution in [0, 0.1) is 6.92 Å². The molecule has 0 bridgehead atoms. The number of rotatable bonds is 5. The molecule has 1 fully saturated rings. The minimum absolute atomic E-state index is 1.04. The number of aromatic nitrogens is 2. The van der Waals surface area contributed by atoms with Gasteiger partial charge in [0, 0.05) is 39.9 Å². The van der Waals surface area contributed by atoms with E-state index in [0.717, 1.165) is 23.4 Å². The second-order valence-electron chi connectivity index (χ2n) is 9.10. The summed E-state index contributed by atoms with van der Waals surface area (Å²) in [5.74, 6) is 0. The quantitative estimate of drug-likeness (QED) is 0.290. The molecule has 1 aliphatic heterocycles. The summed E-state index contributed by atoms with van der Waals surface area (Å²) in [5.41, 5.74) is 8.23. The van der Waals surface area contributed by atoms with E-state index in [-0.39, 0.29) is 0 Å². The van der Waals surface area contributed by atoms with Gasteiger partial charge >= 0.3 is 0 Å². The van der Waals surface area contributed by atoms with Gasteiger partial charge in [-0.1, -0.05) is 30.7 Å². The van der Waals surface area contributed by atoms with Gasteiger partial charge < -0.3 is 10.3 Å². The van der Waals surface area contributed by atoms with Gasteiger partial charge in [0.25, 0.3) is 0 Å². The lowest BCUT2D eigenvalue weighted by molar-refractivity contribution is 0.221. The van der Waals surface area contributed by atoms with Crippen molar-refractivity contribution in [1.82, 2.24) is 14.9 Å². The molecule has 0 spiro atoms. The van der Waals surface area contributed by atoms with Crippen molar-refractivity contribution in [3.8, 4) is 10.4 Å². The topological polar surface area (TPSA) is 44.0 Å². The highest BCUT2D eigenvalue weighted by Gasteiger charge is 2.12. The van der Waals surface area contributed by atoms with E-state index in [2.05, 4.69) is 87.8 Å². The van der Waals surface area contributed by atoms with Gasteiger partial charge in [-0.05, 0) is 80.4 Å². The molecule has 5 heteroatoms. The van der Waals surface area contributed by atoms with E-state index in [0.29, 0.717) is 0 Å². The normalized spacial score (nSPS) is 14.8. The Morgan fingerprint density at radius 2 is 1.82 bits per heavy atom. The van der Waals surface area contributed by atoms with E-state index in [1.165, 1.54) is 69.7 Å². The number of anilines is 2. The number of piperidine rings is 1. The van der Waals surface area contributed by atoms with E-state index in [4.69, 9.17) is 0 Å². The van der Waals surface area contributed by atoms with Gasteiger partial charge in [-0.15, -0.1) is 11.3 Å². The van der Waals surface area contributed by atoms with Crippen molar-refractivity contribution in [2.45, 2.75) is 32.7 Å². The Bertz CT molecular complexity index is 1410. The van der Waals surface area contributed by atoms with Crippen LogP contribution in [0.2, 0.25) is 0 Å². The first-order valence-electron chi connectivity index (χ1n) is 11.8. The van der Waals surface area contributed by atoms with Crippen molar-refractivity contribution in [2.75, 3.05) is 18.4 Å². The average molecular weight is 453 g/mol. The minimum Gasteiger partial charge on any atom is -0.359 e. The van der Waals surface area contributed by atoms with Crippen molar-refractivity contribution in [3.05, 3.63) is 78.1 Å². The first-order valence-corrected chi connectivity index (χ1v) is 12.6. The summed E-state index contributed by atoms with van der Waals surface area (Å²) in [7, 11) is 0. The lowest BCUT2D eigenvalue weighted by Crippen LogP contribution is -2.28. The molecule has 1 aliphatic rings. The molecule has 6 rings (SSSR count). The standard InChI is InChI=1S/C28H28N4S/c1-19-15-22-16-23(9-10-24(22)30-19)31-25-11-12-29-26-17-27(33-28(25)26)21-7-5-20(6-8-21)18-32-13-3-2-4-14-32/h5-12,15-17,30H,2-4,13-14,18H2,1H3,(H,29,31). The van der Waals surface area contributed by atoms with Gasteiger partial charge in [0.2, 0.25) is 0 Å². The molecule has 0 saturated carbocycles. The lowest BCUT2D eigenvalue weighted by atomic mass is 10.1. The Labute approximate surface area is 198 Å². The maximum atomic E-state index is 4.64. The van der Waals surface area contributed by atoms with Crippen LogP contribution in [0.3, 0.4) is 0 Å². The Balaban J connectivity index is 1.25. The largest absolute Gasteiger partial charge is 0.359 e. The summed E-state index contributed by atoms with van der Waals surface area (Å²) in [6, 6.07) is 22.0. The highest BCUT2D eigenvalue weighted by molar-refractivity contribution is 7.22. The Hall–Kier alpha value is -3.15. The number of H-pyrrole nitrogens is 1. The molecule has 4 heterocycles. The van der Waals surface area contributed by atoms with Crippen LogP contribution in [0.4, 0.5) is 11.4 Å². The van der Waals surface area contributed by atoms with Crippen LogP contribution < -0.4 is 5.32 Å². The molecule has 2 N–H and O–H groups in total. The smallest absolute Gasteiger partial charge is 0.0837 e. The number of nitrogens with zero attached hydrogens (tertiary/aromatic N) is 2. The van der Waals surface area contributed by atoms with Gasteiger partial charge in [-0.25, -0.2) is 0 Å². The van der Waals surface area contributed by atoms with Crippen LogP contribution in [0.25, 0.3) is 31.6 Å². The molecule has 2 aromatic carbocycles. The molecule has 1 saturated heterocycles. The number of aryl methyl sites for hydroxylation is 1. The first kappa shape index (κ1) is 20.5. The second kappa shape index (κ2) is 8.65. The van der Waals surface area contributed by atoms with E-state index in [1.54, 1.807) is 11.3 Å². The van der Waals surface area contributed by atoms with Gasteiger partial charge in [0.05, 0.1) is 15.9 Å². The molecule has 0 aliphatic carbocycles. The molecule has 166 valence electrons. The zero-order chi connectivity index (χ0) is 22.2. The van der Waals surface area contributed by atoms with Crippen LogP contribution in [0.5, 0.6) is 0 Å². The minimum atomic E-state index is 1.04. The van der Waals surface area contributed by atoms with Crippen molar-refractivity contribution >= 4 is 43.8 Å². The predicted octanol–water partition coefficient (Wildman–Crippen LogP) is 7.48. The monoisotopic (exact) mass is 452 g/mol. The molecular formula is C28H28N4S. The fourth-order valence-electron chi connectivity index (χ4n) is 4.84. The zero-order valence-corrected chi connectivity index (χ0v) is 19.7. The number of hydrogen-bond acceptors (Lipinski definition) is 4. The maximum Gasteiger partial charge on any atom is 0.0837 e. The third-order valence-corrected chi connectivity index (χ3v) is 7.75. The van der Waals surface area contributed by atoms with Crippen molar-refractivity contribution in [3.63, 3.8) is 0 Å². The predicted molar refractivity (Wildman–Crippen MR) is 141 cm³/mol. The maximum absolute atomic E-state index is 4.64. The van der Waals surface area contributed by atoms with Crippen LogP contribution in [-0.4, -0.2) is 28.0 Å². The number of fused-ring (bicyclic) bond motifs is 2. The molecule has 0 atom stereocenters. The van der Waals surface area contributed by atoms with Gasteiger partial charge in [0.1, 0.15) is 0 Å². The highest BCUT2D eigenvalue weighted by atomic mass is 32.1. The fraction of sp³-hybridized carbons (Fsp3) is 0.250. The number of nitrogens with one attached hydrogen (secondary N) is 2. The fourth-order valence-corrected chi connectivity index (χ4v) is 5.93. The molecule has 4 nitrogen and oxygen atoms in total. The Morgan fingerprint density at radius 1 is 0.970 bits per heavy atom. The van der Waals surface area contributed by atoms with Gasteiger partial charge in [-0.3, -0.25) is 9.88 Å². The van der Waals surface area contributed by atoms with Crippen LogP contribution in [0.15, 0.2) is 66.9 Å². The van der Waals surface area contributed by atoms with Gasteiger partial charge in [0.15, 0.2) is 0 Å². The number of pyridine rings is 1. The summed E-state index contributed by atoms with van der Waals surface area (Å²) >= 11 is 1.80. The van der Waals surface area contributed by atoms with Gasteiger partial charge in [-0.2, -0.15) is 0 Å². The van der Waals surface area contributed by atoms with Crippen LogP contribution >= 0.6 is 11.3 Å². The van der Waals surface area contributed by atoms with E-state index in [9.17, 15) is 0 Å². The number of aromatic amines is 1. The molecule has 0 amide bonds. The van der Waals surface area contributed by atoms with E-state index < -0.39 is 0 Å². The van der Waals surface area contributed by atoms with E-state index >= 15 is 0 Å². The SMILES string of the molecule is Cc1cc2cc(Nc3ccnc4cc(-c5ccc(CN6CCCCC6)cc5)sc34)ccc2[nH]1. The Kier molecular flexibility index (Phi) is 5.36. The Morgan fingerprint density at radius 3 is 2.67 bits per heavy atom. The zero-order valence-electron chi connectivity index (χ0n) is 18.9. The third kappa shape index (κ3) is 4.26. The molecule has 0 radical (unpaired) electrons. The summed E-state index contributed by atoms with van der Waals surface area (Å²) < 4.78 is 1.19. The molecular weight excluding hydrogens is 424 g/mol. The summed E-state index contributed by atoms with van der Waals surface area (Å²) in [6.07, 6.45) is 5.94. The van der Waals surface area contributed by atoms with Crippen LogP contribution in [0.1, 0.15) is 30.5 Å². The second-order valence-corrected chi connectivity index (χ2v) is 10.1. The lowest BCUT2D eigenvalue weighted by Gasteiger charge is -2.26. The van der Waals surface area contributed by atoms with Crippen molar-refractivity contribution < 1.29 is 0 Å². The number of hydrogen-bond donors (Lipinski definition) is 2. The van der Waals surface area contributed by atoms with Crippen molar-refractivity contribution in [1.29, 1.82) is 0 Å². The summed E-state index contributed by atoms with van der Waals surface area (Å²) in [6.45, 7) is 5.62. The summed E-state index contributed by atoms with van der Waals surface area (Å²) in [5, 5.41) is 4.84. The molecule has 0 unspecified atom stereocenters. The van der Waals surface area contributed by atoms with Crippen LogP contribution in [-0.2, 0) is 6.54 Å². The van der Waals surface area contributed by atoms with E-state index in [1.807, 2.05) is 6.20 Å². The average Bonchev–Trinajstić information content (AvgIpc) is 3.43. The third-order valence-electron chi connectivity index (χ3n) is 6.54. The molecule has 33 heavy (non-hydrogen) atoms. The molecule has 3 aromatic heterocycles. The number of benzene rings is 2. The molecule has 5 aromatic rings. The summed E-state index contributed by atoms with van der Waals surface area (Å²) in [4.78, 5) is 11.9. The van der Waals surface area contributed by atoms with Crippen molar-refractivity contribution in [2.24, 2.45) is 0 Å².